The number of aliphatic hydroxyl groups is 3. The molecule has 0 unspecified atom stereocenters. The van der Waals surface area contributed by atoms with Crippen molar-refractivity contribution in [2.45, 2.75) is 40.1 Å². The molecule has 0 radical (unpaired) electrons. The molecule has 0 fully saturated rings. The fourth-order valence-electron chi connectivity index (χ4n) is 1.45. The van der Waals surface area contributed by atoms with Crippen molar-refractivity contribution in [3.05, 3.63) is 23.8 Å². The van der Waals surface area contributed by atoms with Crippen LogP contribution in [0.4, 0.5) is 0 Å². The van der Waals surface area contributed by atoms with Crippen LogP contribution in [0.3, 0.4) is 0 Å². The van der Waals surface area contributed by atoms with E-state index < -0.39 is 6.10 Å². The van der Waals surface area contributed by atoms with E-state index in [4.69, 9.17) is 29.5 Å². The Balaban J connectivity index is 0. The summed E-state index contributed by atoms with van der Waals surface area (Å²) in [5.74, 6) is 0.407. The van der Waals surface area contributed by atoms with Crippen molar-refractivity contribution >= 4 is 6.29 Å². The highest BCUT2D eigenvalue weighted by Gasteiger charge is 2.01. The maximum absolute atomic E-state index is 10.3. The van der Waals surface area contributed by atoms with Gasteiger partial charge in [-0.25, -0.2) is 0 Å². The molecular weight excluding hydrogens is 344 g/mol. The number of carbonyl (C=O) groups is 1. The SMILES string of the molecule is CCOC(C)OCC.CCOc1cc(C=O)ccc1O.OCC(O)CO. The van der Waals surface area contributed by atoms with Gasteiger partial charge in [0.15, 0.2) is 17.8 Å². The summed E-state index contributed by atoms with van der Waals surface area (Å²) in [6.45, 7) is 8.80. The zero-order valence-corrected chi connectivity index (χ0v) is 15.9. The van der Waals surface area contributed by atoms with Crippen molar-refractivity contribution < 1.29 is 39.4 Å². The lowest BCUT2D eigenvalue weighted by Gasteiger charge is -2.09. The molecule has 1 rings (SSSR count). The van der Waals surface area contributed by atoms with E-state index in [1.807, 2.05) is 27.7 Å². The number of aldehydes is 1. The minimum absolute atomic E-state index is 0.0370. The van der Waals surface area contributed by atoms with Gasteiger partial charge >= 0.3 is 0 Å². The number of hydrogen-bond acceptors (Lipinski definition) is 8. The van der Waals surface area contributed by atoms with E-state index in [2.05, 4.69) is 0 Å². The third-order valence-corrected chi connectivity index (χ3v) is 2.64. The predicted octanol–water partition coefficient (Wildman–Crippen LogP) is 1.34. The van der Waals surface area contributed by atoms with Crippen LogP contribution in [0.2, 0.25) is 0 Å². The van der Waals surface area contributed by atoms with Gasteiger partial charge < -0.3 is 34.6 Å². The van der Waals surface area contributed by atoms with Gasteiger partial charge in [-0.1, -0.05) is 0 Å². The van der Waals surface area contributed by atoms with Crippen molar-refractivity contribution in [3.63, 3.8) is 0 Å². The van der Waals surface area contributed by atoms with E-state index in [9.17, 15) is 9.90 Å². The molecule has 8 nitrogen and oxygen atoms in total. The third-order valence-electron chi connectivity index (χ3n) is 2.64. The Kier molecular flexibility index (Phi) is 18.5. The maximum Gasteiger partial charge on any atom is 0.161 e. The lowest BCUT2D eigenvalue weighted by Crippen LogP contribution is -2.15. The lowest BCUT2D eigenvalue weighted by atomic mass is 10.2. The minimum atomic E-state index is -0.954. The average Bonchev–Trinajstić information content (AvgIpc) is 2.64. The Morgan fingerprint density at radius 1 is 1.04 bits per heavy atom. The quantitative estimate of drug-likeness (QED) is 0.376. The molecule has 26 heavy (non-hydrogen) atoms. The van der Waals surface area contributed by atoms with Crippen LogP contribution < -0.4 is 4.74 Å². The summed E-state index contributed by atoms with van der Waals surface area (Å²) in [6, 6.07) is 4.48. The first-order chi connectivity index (χ1) is 12.4. The van der Waals surface area contributed by atoms with Crippen molar-refractivity contribution in [1.82, 2.24) is 0 Å². The second-order valence-electron chi connectivity index (χ2n) is 4.78. The molecule has 0 aliphatic carbocycles. The summed E-state index contributed by atoms with van der Waals surface area (Å²) >= 11 is 0. The van der Waals surface area contributed by atoms with Crippen LogP contribution in [-0.4, -0.2) is 72.1 Å². The molecular formula is C18H32O8. The van der Waals surface area contributed by atoms with E-state index in [1.54, 1.807) is 0 Å². The molecule has 0 heterocycles. The fourth-order valence-corrected chi connectivity index (χ4v) is 1.45. The largest absolute Gasteiger partial charge is 0.504 e. The van der Waals surface area contributed by atoms with E-state index in [0.717, 1.165) is 13.2 Å². The van der Waals surface area contributed by atoms with Gasteiger partial charge in [0.05, 0.1) is 19.8 Å². The van der Waals surface area contributed by atoms with Gasteiger partial charge in [-0.3, -0.25) is 4.79 Å². The monoisotopic (exact) mass is 376 g/mol. The molecule has 0 saturated heterocycles. The molecule has 0 aliphatic rings. The van der Waals surface area contributed by atoms with Gasteiger partial charge in [0.2, 0.25) is 0 Å². The zero-order chi connectivity index (χ0) is 20.4. The number of hydrogen-bond donors (Lipinski definition) is 4. The Morgan fingerprint density at radius 2 is 1.58 bits per heavy atom. The van der Waals surface area contributed by atoms with E-state index >= 15 is 0 Å². The molecule has 0 aromatic heterocycles. The van der Waals surface area contributed by atoms with E-state index in [-0.39, 0.29) is 25.3 Å². The second kappa shape index (κ2) is 18.1. The van der Waals surface area contributed by atoms with Crippen LogP contribution in [0.1, 0.15) is 38.1 Å². The summed E-state index contributed by atoms with van der Waals surface area (Å²) in [6.07, 6.45) is -0.280. The van der Waals surface area contributed by atoms with Gasteiger partial charge in [-0.15, -0.1) is 0 Å². The summed E-state index contributed by atoms with van der Waals surface area (Å²) < 4.78 is 15.2. The molecule has 0 saturated carbocycles. The van der Waals surface area contributed by atoms with Crippen molar-refractivity contribution in [3.8, 4) is 11.5 Å². The molecule has 0 aliphatic heterocycles. The smallest absolute Gasteiger partial charge is 0.161 e. The van der Waals surface area contributed by atoms with Crippen molar-refractivity contribution in [2.75, 3.05) is 33.0 Å². The molecule has 152 valence electrons. The van der Waals surface area contributed by atoms with Crippen molar-refractivity contribution in [2.24, 2.45) is 0 Å². The molecule has 0 atom stereocenters. The number of phenols is 1. The first kappa shape index (κ1) is 26.5. The van der Waals surface area contributed by atoms with Crippen LogP contribution in [0.25, 0.3) is 0 Å². The van der Waals surface area contributed by atoms with Crippen LogP contribution in [-0.2, 0) is 9.47 Å². The molecule has 0 amide bonds. The second-order valence-corrected chi connectivity index (χ2v) is 4.78. The fraction of sp³-hybridized carbons (Fsp3) is 0.611. The third kappa shape index (κ3) is 14.6. The summed E-state index contributed by atoms with van der Waals surface area (Å²) in [4.78, 5) is 10.3. The number of benzene rings is 1. The first-order valence-electron chi connectivity index (χ1n) is 8.43. The highest BCUT2D eigenvalue weighted by Crippen LogP contribution is 2.25. The molecule has 8 heteroatoms. The number of aromatic hydroxyl groups is 1. The minimum Gasteiger partial charge on any atom is -0.504 e. The lowest BCUT2D eigenvalue weighted by molar-refractivity contribution is -0.123. The molecule has 4 N–H and O–H groups in total. The highest BCUT2D eigenvalue weighted by molar-refractivity contribution is 5.76. The summed E-state index contributed by atoms with van der Waals surface area (Å²) in [5, 5.41) is 33.2. The van der Waals surface area contributed by atoms with E-state index in [1.165, 1.54) is 18.2 Å². The van der Waals surface area contributed by atoms with Gasteiger partial charge in [0, 0.05) is 18.8 Å². The normalized spacial score (nSPS) is 9.88. The molecule has 1 aromatic rings. The Bertz CT molecular complexity index is 443. The molecule has 0 spiro atoms. The number of ether oxygens (including phenoxy) is 3. The predicted molar refractivity (Wildman–Crippen MR) is 97.6 cm³/mol. The van der Waals surface area contributed by atoms with Gasteiger partial charge in [0.1, 0.15) is 12.4 Å². The number of aliphatic hydroxyl groups excluding tert-OH is 3. The molecule has 0 bridgehead atoms. The Labute approximate surface area is 155 Å². The first-order valence-corrected chi connectivity index (χ1v) is 8.43. The zero-order valence-electron chi connectivity index (χ0n) is 15.9. The van der Waals surface area contributed by atoms with Crippen LogP contribution in [0.5, 0.6) is 11.5 Å². The highest BCUT2D eigenvalue weighted by atomic mass is 16.7. The summed E-state index contributed by atoms with van der Waals surface area (Å²) in [5.41, 5.74) is 0.497. The van der Waals surface area contributed by atoms with Crippen LogP contribution >= 0.6 is 0 Å². The summed E-state index contributed by atoms with van der Waals surface area (Å²) in [7, 11) is 0. The topological polar surface area (TPSA) is 126 Å². The van der Waals surface area contributed by atoms with Crippen molar-refractivity contribution in [1.29, 1.82) is 0 Å². The number of carbonyl (C=O) groups excluding carboxylic acids is 1. The number of rotatable bonds is 9. The Morgan fingerprint density at radius 3 is 1.92 bits per heavy atom. The Hall–Kier alpha value is -1.71. The maximum atomic E-state index is 10.3. The van der Waals surface area contributed by atoms with Gasteiger partial charge in [0.25, 0.3) is 0 Å². The standard InChI is InChI=1S/C9H10O3.C6H14O2.C3H8O3/c1-2-12-9-5-7(6-10)3-4-8(9)11;1-4-7-6(3)8-5-2;4-1-3(6)2-5/h3-6,11H,2H2,1H3;6H,4-5H2,1-3H3;3-6H,1-2H2. The molecule has 1 aromatic carbocycles. The number of phenolic OH excluding ortho intramolecular Hbond substituents is 1. The van der Waals surface area contributed by atoms with Crippen LogP contribution in [0, 0.1) is 0 Å². The van der Waals surface area contributed by atoms with Gasteiger partial charge in [-0.2, -0.15) is 0 Å². The van der Waals surface area contributed by atoms with Gasteiger partial charge in [-0.05, 0) is 45.9 Å². The average molecular weight is 376 g/mol. The van der Waals surface area contributed by atoms with Crippen LogP contribution in [0.15, 0.2) is 18.2 Å². The van der Waals surface area contributed by atoms with E-state index in [0.29, 0.717) is 24.2 Å².